The number of hydrogen-bond acceptors (Lipinski definition) is 5. The minimum Gasteiger partial charge on any atom is -0.460 e. The average Bonchev–Trinajstić information content (AvgIpc) is 3.10. The highest BCUT2D eigenvalue weighted by Crippen LogP contribution is 2.00. The van der Waals surface area contributed by atoms with Gasteiger partial charge in [0.15, 0.2) is 0 Å². The van der Waals surface area contributed by atoms with E-state index >= 15 is 0 Å². The summed E-state index contributed by atoms with van der Waals surface area (Å²) in [4.78, 5) is 13.3. The van der Waals surface area contributed by atoms with E-state index in [1.165, 1.54) is 13.1 Å². The van der Waals surface area contributed by atoms with Gasteiger partial charge in [0.25, 0.3) is 0 Å². The van der Waals surface area contributed by atoms with Crippen molar-refractivity contribution in [2.45, 2.75) is 6.92 Å². The molecule has 0 aromatic heterocycles. The molecule has 1 saturated heterocycles. The van der Waals surface area contributed by atoms with Crippen molar-refractivity contribution in [3.05, 3.63) is 12.2 Å². The predicted octanol–water partition coefficient (Wildman–Crippen LogP) is 0.455. The summed E-state index contributed by atoms with van der Waals surface area (Å²) < 4.78 is 15.5. The van der Waals surface area contributed by atoms with Crippen LogP contribution in [-0.2, 0) is 19.0 Å². The highest BCUT2D eigenvalue weighted by molar-refractivity contribution is 5.86. The topological polar surface area (TPSA) is 47.8 Å². The van der Waals surface area contributed by atoms with Crippen LogP contribution in [0.5, 0.6) is 0 Å². The Morgan fingerprint density at radius 1 is 1.12 bits per heavy atom. The zero-order valence-corrected chi connectivity index (χ0v) is 10.4. The van der Waals surface area contributed by atoms with Crippen LogP contribution < -0.4 is 0 Å². The van der Waals surface area contributed by atoms with Crippen LogP contribution in [0.1, 0.15) is 6.92 Å². The van der Waals surface area contributed by atoms with Crippen molar-refractivity contribution in [2.24, 2.45) is 0 Å². The first kappa shape index (κ1) is 14.2. The Morgan fingerprint density at radius 3 is 2.29 bits per heavy atom. The fraction of sp³-hybridized carbons (Fsp3) is 0.750. The fourth-order valence-corrected chi connectivity index (χ4v) is 1.13. The van der Waals surface area contributed by atoms with Crippen molar-refractivity contribution in [3.63, 3.8) is 0 Å². The molecule has 1 aliphatic heterocycles. The van der Waals surface area contributed by atoms with E-state index < -0.39 is 0 Å². The molecule has 1 fully saturated rings. The van der Waals surface area contributed by atoms with Crippen LogP contribution in [-0.4, -0.2) is 63.5 Å². The molecule has 0 unspecified atom stereocenters. The molecule has 0 aromatic rings. The molecule has 5 nitrogen and oxygen atoms in total. The molecular formula is C12H21NO4. The molecule has 0 atom stereocenters. The Kier molecular flexibility index (Phi) is 6.84. The number of ether oxygens (including phenoxy) is 3. The van der Waals surface area contributed by atoms with Crippen molar-refractivity contribution in [1.82, 2.24) is 4.90 Å². The summed E-state index contributed by atoms with van der Waals surface area (Å²) in [6, 6.07) is 0. The molecule has 0 radical (unpaired) electrons. The number of esters is 1. The summed E-state index contributed by atoms with van der Waals surface area (Å²) in [6.07, 6.45) is 0. The summed E-state index contributed by atoms with van der Waals surface area (Å²) >= 11 is 0. The largest absolute Gasteiger partial charge is 0.460 e. The standard InChI is InChI=1S/C12H21NO4/c1-11(2)12(14)17-10-9-16-8-7-15-6-5-13-3-4-13/h1,3-10H2,2H3. The maximum absolute atomic E-state index is 11.0. The van der Waals surface area contributed by atoms with Crippen molar-refractivity contribution >= 4 is 5.97 Å². The molecular weight excluding hydrogens is 222 g/mol. The van der Waals surface area contributed by atoms with Crippen LogP contribution in [0.25, 0.3) is 0 Å². The number of carbonyl (C=O) groups is 1. The number of nitrogens with zero attached hydrogens (tertiary/aromatic N) is 1. The molecule has 5 heteroatoms. The molecule has 0 N–H and O–H groups in total. The Hall–Kier alpha value is -0.910. The van der Waals surface area contributed by atoms with Gasteiger partial charge in [0, 0.05) is 25.2 Å². The predicted molar refractivity (Wildman–Crippen MR) is 63.9 cm³/mol. The van der Waals surface area contributed by atoms with Gasteiger partial charge in [-0.05, 0) is 6.92 Å². The summed E-state index contributed by atoms with van der Waals surface area (Å²) in [5, 5.41) is 0. The lowest BCUT2D eigenvalue weighted by molar-refractivity contribution is -0.140. The van der Waals surface area contributed by atoms with Gasteiger partial charge in [-0.15, -0.1) is 0 Å². The average molecular weight is 243 g/mol. The Bertz CT molecular complexity index is 251. The maximum Gasteiger partial charge on any atom is 0.333 e. The lowest BCUT2D eigenvalue weighted by Crippen LogP contribution is -2.14. The van der Waals surface area contributed by atoms with Gasteiger partial charge >= 0.3 is 5.97 Å². The van der Waals surface area contributed by atoms with E-state index in [4.69, 9.17) is 14.2 Å². The quantitative estimate of drug-likeness (QED) is 0.241. The van der Waals surface area contributed by atoms with Crippen LogP contribution in [0.15, 0.2) is 12.2 Å². The van der Waals surface area contributed by atoms with Crippen molar-refractivity contribution in [1.29, 1.82) is 0 Å². The molecule has 1 rings (SSSR count). The first-order valence-corrected chi connectivity index (χ1v) is 5.90. The number of hydrogen-bond donors (Lipinski definition) is 0. The Morgan fingerprint density at radius 2 is 1.71 bits per heavy atom. The van der Waals surface area contributed by atoms with E-state index in [2.05, 4.69) is 11.5 Å². The van der Waals surface area contributed by atoms with Gasteiger partial charge in [0.2, 0.25) is 0 Å². The van der Waals surface area contributed by atoms with Gasteiger partial charge in [-0.1, -0.05) is 6.58 Å². The molecule has 98 valence electrons. The van der Waals surface area contributed by atoms with E-state index in [9.17, 15) is 4.79 Å². The van der Waals surface area contributed by atoms with Crippen molar-refractivity contribution in [3.8, 4) is 0 Å². The Balaban J connectivity index is 1.74. The first-order valence-electron chi connectivity index (χ1n) is 5.90. The summed E-state index contributed by atoms with van der Waals surface area (Å²) in [7, 11) is 0. The van der Waals surface area contributed by atoms with Crippen LogP contribution in [0.2, 0.25) is 0 Å². The minimum atomic E-state index is -0.372. The number of carbonyl (C=O) groups excluding carboxylic acids is 1. The summed E-state index contributed by atoms with van der Waals surface area (Å²) in [6.45, 7) is 11.1. The Labute approximate surface area is 102 Å². The van der Waals surface area contributed by atoms with Gasteiger partial charge in [0.1, 0.15) is 6.61 Å². The highest BCUT2D eigenvalue weighted by Gasteiger charge is 2.15. The van der Waals surface area contributed by atoms with E-state index in [1.807, 2.05) is 0 Å². The van der Waals surface area contributed by atoms with Gasteiger partial charge in [-0.2, -0.15) is 0 Å². The van der Waals surface area contributed by atoms with Crippen LogP contribution in [0.3, 0.4) is 0 Å². The maximum atomic E-state index is 11.0. The van der Waals surface area contributed by atoms with Crippen molar-refractivity contribution in [2.75, 3.05) is 52.7 Å². The molecule has 0 aliphatic carbocycles. The summed E-state index contributed by atoms with van der Waals surface area (Å²) in [5.41, 5.74) is 0.406. The molecule has 1 aliphatic rings. The van der Waals surface area contributed by atoms with Crippen LogP contribution in [0, 0.1) is 0 Å². The third kappa shape index (κ3) is 7.90. The molecule has 0 amide bonds. The molecule has 1 heterocycles. The second-order valence-corrected chi connectivity index (χ2v) is 3.98. The minimum absolute atomic E-state index is 0.263. The van der Waals surface area contributed by atoms with Gasteiger partial charge < -0.3 is 14.2 Å². The second-order valence-electron chi connectivity index (χ2n) is 3.98. The molecule has 17 heavy (non-hydrogen) atoms. The smallest absolute Gasteiger partial charge is 0.333 e. The van der Waals surface area contributed by atoms with E-state index in [0.29, 0.717) is 25.4 Å². The van der Waals surface area contributed by atoms with E-state index in [1.54, 1.807) is 6.92 Å². The zero-order valence-electron chi connectivity index (χ0n) is 10.4. The normalized spacial score (nSPS) is 14.6. The lowest BCUT2D eigenvalue weighted by Gasteiger charge is -2.07. The van der Waals surface area contributed by atoms with Gasteiger partial charge in [-0.25, -0.2) is 4.79 Å². The first-order chi connectivity index (χ1) is 8.20. The SMILES string of the molecule is C=C(C)C(=O)OCCOCCOCCN1CC1. The van der Waals surface area contributed by atoms with Gasteiger partial charge in [0.05, 0.1) is 26.4 Å². The zero-order chi connectivity index (χ0) is 12.5. The van der Waals surface area contributed by atoms with Crippen molar-refractivity contribution < 1.29 is 19.0 Å². The third-order valence-corrected chi connectivity index (χ3v) is 2.27. The molecule has 0 saturated carbocycles. The molecule has 0 spiro atoms. The molecule has 0 aromatic carbocycles. The lowest BCUT2D eigenvalue weighted by atomic mass is 10.4. The monoisotopic (exact) mass is 243 g/mol. The highest BCUT2D eigenvalue weighted by atomic mass is 16.6. The van der Waals surface area contributed by atoms with Gasteiger partial charge in [-0.3, -0.25) is 4.90 Å². The van der Waals surface area contributed by atoms with E-state index in [-0.39, 0.29) is 12.6 Å². The third-order valence-electron chi connectivity index (χ3n) is 2.27. The van der Waals surface area contributed by atoms with E-state index in [0.717, 1.165) is 13.2 Å². The van der Waals surface area contributed by atoms with Crippen LogP contribution in [0.4, 0.5) is 0 Å². The van der Waals surface area contributed by atoms with Crippen LogP contribution >= 0.6 is 0 Å². The summed E-state index contributed by atoms with van der Waals surface area (Å²) in [5.74, 6) is -0.372. The fourth-order valence-electron chi connectivity index (χ4n) is 1.13. The molecule has 0 bridgehead atoms. The number of rotatable bonds is 10. The second kappa shape index (κ2) is 8.22.